The minimum Gasteiger partial charge on any atom is -0.384 e. The Morgan fingerprint density at radius 2 is 1.89 bits per heavy atom. The summed E-state index contributed by atoms with van der Waals surface area (Å²) in [5.41, 5.74) is 3.93. The molecule has 246 valence electrons. The molecule has 4 heterocycles. The second kappa shape index (κ2) is 14.2. The number of rotatable bonds is 13. The van der Waals surface area contributed by atoms with Crippen LogP contribution in [0.5, 0.6) is 0 Å². The Morgan fingerprint density at radius 3 is 2.72 bits per heavy atom. The summed E-state index contributed by atoms with van der Waals surface area (Å²) in [7, 11) is 0. The highest BCUT2D eigenvalue weighted by Crippen LogP contribution is 2.32. The molecule has 13 nitrogen and oxygen atoms in total. The molecular weight excluding hydrogens is 600 g/mol. The van der Waals surface area contributed by atoms with Crippen molar-refractivity contribution in [2.45, 2.75) is 96.1 Å². The van der Waals surface area contributed by atoms with Crippen molar-refractivity contribution < 1.29 is 24.0 Å². The minimum absolute atomic E-state index is 0.0570. The second-order valence-corrected chi connectivity index (χ2v) is 12.4. The topological polar surface area (TPSA) is 167 Å². The fraction of sp³-hybridized carbons (Fsp3) is 0.471. The largest absolute Gasteiger partial charge is 0.384 e. The van der Waals surface area contributed by atoms with Gasteiger partial charge in [-0.15, -0.1) is 0 Å². The van der Waals surface area contributed by atoms with Crippen molar-refractivity contribution in [3.8, 4) is 0 Å². The average molecular weight is 641 g/mol. The van der Waals surface area contributed by atoms with Crippen LogP contribution in [0.25, 0.3) is 5.65 Å². The van der Waals surface area contributed by atoms with Gasteiger partial charge in [-0.25, -0.2) is 9.98 Å². The number of hydrogen-bond donors (Lipinski definition) is 3. The standard InChI is InChI=1S/C34H40N8O5/c1-2-8-21-20-28(42-27(37-21)16-18-36-42)38-22-12-13-23(19-22)39-29(43)11-5-3-4-6-17-35-25-10-7-9-24-31(25)34(47)41(33(24)46)26-14-15-30(44)40-32(26)45/h7,9-10,16,18,20,23,26,35H,2-6,8,11-15,17,19H2,1H3,(H,39,43)(H,40,44,45)/b38-22+. The van der Waals surface area contributed by atoms with Crippen LogP contribution in [0.1, 0.15) is 104 Å². The van der Waals surface area contributed by atoms with Crippen LogP contribution in [0, 0.1) is 0 Å². The van der Waals surface area contributed by atoms with E-state index in [0.29, 0.717) is 18.7 Å². The lowest BCUT2D eigenvalue weighted by molar-refractivity contribution is -0.136. The van der Waals surface area contributed by atoms with Crippen LogP contribution in [-0.4, -0.2) is 73.4 Å². The monoisotopic (exact) mass is 640 g/mol. The second-order valence-electron chi connectivity index (χ2n) is 12.4. The number of anilines is 1. The molecule has 3 N–H and O–H groups in total. The highest BCUT2D eigenvalue weighted by molar-refractivity contribution is 6.25. The Bertz CT molecular complexity index is 1750. The number of fused-ring (bicyclic) bond motifs is 2. The molecule has 1 saturated heterocycles. The molecule has 6 rings (SSSR count). The van der Waals surface area contributed by atoms with E-state index in [1.54, 1.807) is 28.9 Å². The predicted octanol–water partition coefficient (Wildman–Crippen LogP) is 3.89. The number of amides is 5. The van der Waals surface area contributed by atoms with Crippen molar-refractivity contribution in [3.63, 3.8) is 0 Å². The maximum Gasteiger partial charge on any atom is 0.264 e. The number of hydrogen-bond acceptors (Lipinski definition) is 9. The van der Waals surface area contributed by atoms with E-state index in [1.807, 2.05) is 12.1 Å². The lowest BCUT2D eigenvalue weighted by Gasteiger charge is -2.27. The van der Waals surface area contributed by atoms with Gasteiger partial charge < -0.3 is 10.6 Å². The Morgan fingerprint density at radius 1 is 1.04 bits per heavy atom. The Labute approximate surface area is 272 Å². The molecule has 2 fully saturated rings. The van der Waals surface area contributed by atoms with Crippen molar-refractivity contribution in [2.24, 2.45) is 4.99 Å². The van der Waals surface area contributed by atoms with Gasteiger partial charge in [0, 0.05) is 61.1 Å². The van der Waals surface area contributed by atoms with Crippen LogP contribution < -0.4 is 16.0 Å². The van der Waals surface area contributed by atoms with Crippen LogP contribution in [0.2, 0.25) is 0 Å². The van der Waals surface area contributed by atoms with Gasteiger partial charge in [-0.3, -0.25) is 34.2 Å². The fourth-order valence-corrected chi connectivity index (χ4v) is 6.58. The van der Waals surface area contributed by atoms with Crippen LogP contribution in [0.15, 0.2) is 41.5 Å². The predicted molar refractivity (Wildman–Crippen MR) is 175 cm³/mol. The third-order valence-corrected chi connectivity index (χ3v) is 8.92. The van der Waals surface area contributed by atoms with Crippen LogP contribution in [-0.2, 0) is 20.8 Å². The zero-order valence-corrected chi connectivity index (χ0v) is 26.6. The van der Waals surface area contributed by atoms with Crippen LogP contribution in [0.4, 0.5) is 11.5 Å². The van der Waals surface area contributed by atoms with Gasteiger partial charge in [-0.05, 0) is 50.7 Å². The molecule has 3 aromatic rings. The number of unbranched alkanes of at least 4 members (excludes halogenated alkanes) is 3. The molecule has 13 heteroatoms. The number of imide groups is 2. The van der Waals surface area contributed by atoms with Gasteiger partial charge in [0.15, 0.2) is 11.5 Å². The number of aryl methyl sites for hydroxylation is 1. The first-order valence-corrected chi connectivity index (χ1v) is 16.6. The summed E-state index contributed by atoms with van der Waals surface area (Å²) in [4.78, 5) is 73.3. The van der Waals surface area contributed by atoms with E-state index in [0.717, 1.165) is 85.6 Å². The van der Waals surface area contributed by atoms with E-state index in [2.05, 4.69) is 33.0 Å². The summed E-state index contributed by atoms with van der Waals surface area (Å²) in [5, 5.41) is 13.0. The molecule has 47 heavy (non-hydrogen) atoms. The number of piperidine rings is 1. The molecule has 1 aliphatic carbocycles. The van der Waals surface area contributed by atoms with Gasteiger partial charge in [0.2, 0.25) is 17.7 Å². The maximum absolute atomic E-state index is 13.2. The number of aromatic nitrogens is 3. The molecule has 1 aromatic carbocycles. The number of carbonyl (C=O) groups excluding carboxylic acids is 5. The smallest absolute Gasteiger partial charge is 0.264 e. The quantitative estimate of drug-likeness (QED) is 0.187. The number of benzene rings is 1. The first-order valence-electron chi connectivity index (χ1n) is 16.6. The third-order valence-electron chi connectivity index (χ3n) is 8.92. The summed E-state index contributed by atoms with van der Waals surface area (Å²) < 4.78 is 1.76. The minimum atomic E-state index is -0.992. The van der Waals surface area contributed by atoms with E-state index in [1.165, 1.54) is 0 Å². The zero-order chi connectivity index (χ0) is 32.9. The molecule has 2 aromatic heterocycles. The molecule has 1 saturated carbocycles. The van der Waals surface area contributed by atoms with Gasteiger partial charge in [0.25, 0.3) is 11.8 Å². The molecule has 5 amide bonds. The third kappa shape index (κ3) is 7.08. The Kier molecular flexibility index (Phi) is 9.69. The summed E-state index contributed by atoms with van der Waals surface area (Å²) in [6.07, 6.45) is 10.1. The zero-order valence-electron chi connectivity index (χ0n) is 26.6. The SMILES string of the molecule is CCCc1cc(/N=C2\CCC(NC(=O)CCCCCCNc3cccc4c3C(=O)N(C3CCC(=O)NC3=O)C4=O)C2)n2nccc2n1. The normalized spacial score (nSPS) is 20.3. The van der Waals surface area contributed by atoms with Gasteiger partial charge in [0.1, 0.15) is 6.04 Å². The van der Waals surface area contributed by atoms with Crippen LogP contribution >= 0.6 is 0 Å². The van der Waals surface area contributed by atoms with Crippen molar-refractivity contribution >= 4 is 52.4 Å². The van der Waals surface area contributed by atoms with Crippen molar-refractivity contribution in [1.82, 2.24) is 30.1 Å². The summed E-state index contributed by atoms with van der Waals surface area (Å²) in [5.74, 6) is -1.24. The number of carbonyl (C=O) groups is 5. The highest BCUT2D eigenvalue weighted by Gasteiger charge is 2.45. The van der Waals surface area contributed by atoms with Crippen molar-refractivity contribution in [1.29, 1.82) is 0 Å². The molecular formula is C34H40N8O5. The van der Waals surface area contributed by atoms with Crippen LogP contribution in [0.3, 0.4) is 0 Å². The average Bonchev–Trinajstić information content (AvgIpc) is 3.76. The fourth-order valence-electron chi connectivity index (χ4n) is 6.58. The molecule has 0 spiro atoms. The number of nitrogens with zero attached hydrogens (tertiary/aromatic N) is 5. The first kappa shape index (κ1) is 32.0. The van der Waals surface area contributed by atoms with E-state index >= 15 is 0 Å². The van der Waals surface area contributed by atoms with E-state index in [-0.39, 0.29) is 35.9 Å². The molecule has 2 unspecified atom stereocenters. The van der Waals surface area contributed by atoms with E-state index < -0.39 is 29.7 Å². The highest BCUT2D eigenvalue weighted by atomic mass is 16.2. The van der Waals surface area contributed by atoms with E-state index in [9.17, 15) is 24.0 Å². The molecule has 0 bridgehead atoms. The first-order chi connectivity index (χ1) is 22.8. The molecule has 2 atom stereocenters. The maximum atomic E-state index is 13.2. The van der Waals surface area contributed by atoms with Gasteiger partial charge in [-0.1, -0.05) is 32.3 Å². The van der Waals surface area contributed by atoms with Gasteiger partial charge in [0.05, 0.1) is 17.3 Å². The lowest BCUT2D eigenvalue weighted by Crippen LogP contribution is -2.54. The number of aliphatic imine (C=N–C) groups is 1. The number of nitrogens with one attached hydrogen (secondary N) is 3. The summed E-state index contributed by atoms with van der Waals surface area (Å²) >= 11 is 0. The molecule has 0 radical (unpaired) electrons. The van der Waals surface area contributed by atoms with Crippen molar-refractivity contribution in [2.75, 3.05) is 11.9 Å². The summed E-state index contributed by atoms with van der Waals surface area (Å²) in [6, 6.07) is 8.02. The van der Waals surface area contributed by atoms with Gasteiger partial charge >= 0.3 is 0 Å². The van der Waals surface area contributed by atoms with Gasteiger partial charge in [-0.2, -0.15) is 9.61 Å². The summed E-state index contributed by atoms with van der Waals surface area (Å²) in [6.45, 7) is 2.72. The molecule has 2 aliphatic heterocycles. The lowest BCUT2D eigenvalue weighted by atomic mass is 10.0. The molecule has 3 aliphatic rings. The Balaban J connectivity index is 0.913. The van der Waals surface area contributed by atoms with Crippen molar-refractivity contribution in [3.05, 3.63) is 53.3 Å². The van der Waals surface area contributed by atoms with E-state index in [4.69, 9.17) is 4.99 Å². The Hall–Kier alpha value is -4.94.